The Kier molecular flexibility index (Phi) is 5.64. The topological polar surface area (TPSA) is 35.6 Å². The summed E-state index contributed by atoms with van der Waals surface area (Å²) in [6.45, 7) is 4.12. The summed E-state index contributed by atoms with van der Waals surface area (Å²) in [5.74, 6) is -0.132. The standard InChI is InChI=1S/C16H23ClFN3O/c1-4-20(2)16(22)19-10-12-7-8-21(3)15(12)11-5-6-13(17)14(18)9-11/h5-6,9,12,15H,4,7-8,10H2,1-3H3,(H,19,22). The summed E-state index contributed by atoms with van der Waals surface area (Å²) in [7, 11) is 3.79. The summed E-state index contributed by atoms with van der Waals surface area (Å²) >= 11 is 5.76. The zero-order valence-corrected chi connectivity index (χ0v) is 14.0. The van der Waals surface area contributed by atoms with Crippen molar-refractivity contribution in [3.63, 3.8) is 0 Å². The number of benzene rings is 1. The Morgan fingerprint density at radius 2 is 2.27 bits per heavy atom. The molecule has 1 saturated heterocycles. The van der Waals surface area contributed by atoms with Gasteiger partial charge in [0, 0.05) is 26.2 Å². The fourth-order valence-electron chi connectivity index (χ4n) is 2.96. The van der Waals surface area contributed by atoms with Crippen LogP contribution in [0.3, 0.4) is 0 Å². The zero-order chi connectivity index (χ0) is 16.3. The van der Waals surface area contributed by atoms with E-state index in [2.05, 4.69) is 10.2 Å². The van der Waals surface area contributed by atoms with Crippen molar-refractivity contribution in [1.82, 2.24) is 15.1 Å². The van der Waals surface area contributed by atoms with Crippen molar-refractivity contribution in [1.29, 1.82) is 0 Å². The molecule has 0 radical (unpaired) electrons. The highest BCUT2D eigenvalue weighted by molar-refractivity contribution is 6.30. The minimum atomic E-state index is -0.395. The van der Waals surface area contributed by atoms with Gasteiger partial charge in [0.2, 0.25) is 0 Å². The van der Waals surface area contributed by atoms with E-state index in [1.54, 1.807) is 18.0 Å². The summed E-state index contributed by atoms with van der Waals surface area (Å²) in [5, 5.41) is 3.10. The smallest absolute Gasteiger partial charge is 0.317 e. The average molecular weight is 328 g/mol. The Morgan fingerprint density at radius 1 is 1.55 bits per heavy atom. The molecule has 6 heteroatoms. The summed E-state index contributed by atoms with van der Waals surface area (Å²) in [5.41, 5.74) is 0.907. The van der Waals surface area contributed by atoms with E-state index < -0.39 is 5.82 Å². The lowest BCUT2D eigenvalue weighted by molar-refractivity contribution is 0.206. The highest BCUT2D eigenvalue weighted by atomic mass is 35.5. The molecule has 0 spiro atoms. The molecule has 2 atom stereocenters. The largest absolute Gasteiger partial charge is 0.338 e. The molecule has 2 rings (SSSR count). The minimum absolute atomic E-state index is 0.0712. The van der Waals surface area contributed by atoms with Gasteiger partial charge < -0.3 is 10.2 Å². The van der Waals surface area contributed by atoms with Crippen LogP contribution in [0, 0.1) is 11.7 Å². The van der Waals surface area contributed by atoms with Crippen LogP contribution in [-0.4, -0.2) is 49.6 Å². The number of hydrogen-bond acceptors (Lipinski definition) is 2. The highest BCUT2D eigenvalue weighted by Crippen LogP contribution is 2.36. The van der Waals surface area contributed by atoms with Crippen molar-refractivity contribution < 1.29 is 9.18 Å². The van der Waals surface area contributed by atoms with E-state index in [9.17, 15) is 9.18 Å². The van der Waals surface area contributed by atoms with E-state index >= 15 is 0 Å². The van der Waals surface area contributed by atoms with Crippen LogP contribution in [0.5, 0.6) is 0 Å². The molecule has 22 heavy (non-hydrogen) atoms. The first-order chi connectivity index (χ1) is 10.4. The first kappa shape index (κ1) is 17.0. The lowest BCUT2D eigenvalue weighted by atomic mass is 9.93. The van der Waals surface area contributed by atoms with Gasteiger partial charge in [-0.15, -0.1) is 0 Å². The van der Waals surface area contributed by atoms with Gasteiger partial charge in [-0.05, 0) is 50.6 Å². The Labute approximate surface area is 136 Å². The molecule has 122 valence electrons. The Hall–Kier alpha value is -1.33. The Bertz CT molecular complexity index is 540. The molecular formula is C16H23ClFN3O. The van der Waals surface area contributed by atoms with Gasteiger partial charge in [0.25, 0.3) is 0 Å². The van der Waals surface area contributed by atoms with Crippen LogP contribution >= 0.6 is 11.6 Å². The first-order valence-electron chi connectivity index (χ1n) is 7.58. The molecule has 4 nitrogen and oxygen atoms in total. The van der Waals surface area contributed by atoms with E-state index in [0.29, 0.717) is 13.1 Å². The van der Waals surface area contributed by atoms with E-state index in [1.165, 1.54) is 6.07 Å². The van der Waals surface area contributed by atoms with Crippen molar-refractivity contribution in [2.24, 2.45) is 5.92 Å². The van der Waals surface area contributed by atoms with Crippen LogP contribution in [0.4, 0.5) is 9.18 Å². The van der Waals surface area contributed by atoms with Gasteiger partial charge in [-0.1, -0.05) is 17.7 Å². The van der Waals surface area contributed by atoms with Crippen LogP contribution in [0.15, 0.2) is 18.2 Å². The second-order valence-corrected chi connectivity index (χ2v) is 6.26. The molecule has 1 aromatic rings. The lowest BCUT2D eigenvalue weighted by Gasteiger charge is -2.26. The van der Waals surface area contributed by atoms with Gasteiger partial charge >= 0.3 is 6.03 Å². The first-order valence-corrected chi connectivity index (χ1v) is 7.96. The Morgan fingerprint density at radius 3 is 2.91 bits per heavy atom. The van der Waals surface area contributed by atoms with Crippen LogP contribution in [0.2, 0.25) is 5.02 Å². The van der Waals surface area contributed by atoms with Gasteiger partial charge in [-0.2, -0.15) is 0 Å². The molecule has 1 heterocycles. The Balaban J connectivity index is 2.07. The van der Waals surface area contributed by atoms with E-state index in [0.717, 1.165) is 18.5 Å². The maximum absolute atomic E-state index is 13.7. The third kappa shape index (κ3) is 3.70. The zero-order valence-electron chi connectivity index (χ0n) is 13.3. The van der Waals surface area contributed by atoms with Crippen molar-refractivity contribution in [2.45, 2.75) is 19.4 Å². The molecule has 2 unspecified atom stereocenters. The maximum atomic E-state index is 13.7. The highest BCUT2D eigenvalue weighted by Gasteiger charge is 2.33. The quantitative estimate of drug-likeness (QED) is 0.922. The monoisotopic (exact) mass is 327 g/mol. The predicted molar refractivity (Wildman–Crippen MR) is 86.6 cm³/mol. The van der Waals surface area contributed by atoms with Gasteiger partial charge in [0.05, 0.1) is 5.02 Å². The molecule has 1 aromatic carbocycles. The van der Waals surface area contributed by atoms with Gasteiger partial charge in [-0.25, -0.2) is 9.18 Å². The number of likely N-dealkylation sites (tertiary alicyclic amines) is 1. The van der Waals surface area contributed by atoms with Crippen LogP contribution in [-0.2, 0) is 0 Å². The number of carbonyl (C=O) groups excluding carboxylic acids is 1. The lowest BCUT2D eigenvalue weighted by Crippen LogP contribution is -2.40. The van der Waals surface area contributed by atoms with E-state index in [-0.39, 0.29) is 23.0 Å². The molecule has 0 saturated carbocycles. The number of halogens is 2. The summed E-state index contributed by atoms with van der Waals surface area (Å²) in [6.07, 6.45) is 0.974. The van der Waals surface area contributed by atoms with Crippen molar-refractivity contribution in [2.75, 3.05) is 33.7 Å². The van der Waals surface area contributed by atoms with Crippen molar-refractivity contribution in [3.05, 3.63) is 34.6 Å². The molecule has 0 bridgehead atoms. The van der Waals surface area contributed by atoms with Gasteiger partial charge in [-0.3, -0.25) is 4.90 Å². The van der Waals surface area contributed by atoms with Crippen LogP contribution < -0.4 is 5.32 Å². The number of rotatable bonds is 4. The SMILES string of the molecule is CCN(C)C(=O)NCC1CCN(C)C1c1ccc(Cl)c(F)c1. The molecular weight excluding hydrogens is 305 g/mol. The molecule has 1 fully saturated rings. The summed E-state index contributed by atoms with van der Waals surface area (Å²) in [4.78, 5) is 15.7. The van der Waals surface area contributed by atoms with Gasteiger partial charge in [0.1, 0.15) is 5.82 Å². The molecule has 1 N–H and O–H groups in total. The second-order valence-electron chi connectivity index (χ2n) is 5.85. The number of amides is 2. The average Bonchev–Trinajstić information content (AvgIpc) is 2.87. The third-order valence-electron chi connectivity index (χ3n) is 4.40. The van der Waals surface area contributed by atoms with E-state index in [1.807, 2.05) is 20.0 Å². The number of nitrogens with zero attached hydrogens (tertiary/aromatic N) is 2. The molecule has 0 aliphatic carbocycles. The number of urea groups is 1. The summed E-state index contributed by atoms with van der Waals surface area (Å²) < 4.78 is 13.7. The predicted octanol–water partition coefficient (Wildman–Crippen LogP) is 3.13. The van der Waals surface area contributed by atoms with Gasteiger partial charge in [0.15, 0.2) is 0 Å². The van der Waals surface area contributed by atoms with Crippen LogP contribution in [0.25, 0.3) is 0 Å². The molecule has 0 aromatic heterocycles. The third-order valence-corrected chi connectivity index (χ3v) is 4.70. The van der Waals surface area contributed by atoms with Crippen molar-refractivity contribution >= 4 is 17.6 Å². The van der Waals surface area contributed by atoms with Crippen LogP contribution in [0.1, 0.15) is 24.9 Å². The minimum Gasteiger partial charge on any atom is -0.338 e. The molecule has 1 aliphatic heterocycles. The van der Waals surface area contributed by atoms with E-state index in [4.69, 9.17) is 11.6 Å². The number of carbonyl (C=O) groups is 1. The molecule has 1 aliphatic rings. The second kappa shape index (κ2) is 7.29. The fraction of sp³-hybridized carbons (Fsp3) is 0.562. The number of nitrogens with one attached hydrogen (secondary N) is 1. The fourth-order valence-corrected chi connectivity index (χ4v) is 3.08. The number of hydrogen-bond donors (Lipinski definition) is 1. The summed E-state index contributed by atoms with van der Waals surface area (Å²) in [6, 6.07) is 4.99. The van der Waals surface area contributed by atoms with Crippen molar-refractivity contribution in [3.8, 4) is 0 Å². The maximum Gasteiger partial charge on any atom is 0.317 e. The normalized spacial score (nSPS) is 21.9. The molecule has 2 amide bonds.